The van der Waals surface area contributed by atoms with Crippen molar-refractivity contribution in [1.82, 2.24) is 25.1 Å². The smallest absolute Gasteiger partial charge is 0.176 e. The zero-order valence-corrected chi connectivity index (χ0v) is 41.1. The lowest BCUT2D eigenvalue weighted by Gasteiger charge is -2.31. The molecule has 0 bridgehead atoms. The molecule has 8 nitrogen and oxygen atoms in total. The Morgan fingerprint density at radius 1 is 0.921 bits per heavy atom. The van der Waals surface area contributed by atoms with Crippen LogP contribution in [0.1, 0.15) is 111 Å². The Hall–Kier alpha value is -5.96. The second kappa shape index (κ2) is 34.6. The van der Waals surface area contributed by atoms with E-state index in [2.05, 4.69) is 182 Å². The van der Waals surface area contributed by atoms with Crippen LogP contribution in [0.4, 0.5) is 11.4 Å². The predicted octanol–water partition coefficient (Wildman–Crippen LogP) is 13.9. The molecule has 1 aliphatic carbocycles. The number of nitrogens with zero attached hydrogens (tertiary/aromatic N) is 4. The summed E-state index contributed by atoms with van der Waals surface area (Å²) < 4.78 is 0. The van der Waals surface area contributed by atoms with Gasteiger partial charge in [-0.25, -0.2) is 4.98 Å². The van der Waals surface area contributed by atoms with E-state index in [1.807, 2.05) is 33.3 Å². The van der Waals surface area contributed by atoms with Gasteiger partial charge in [-0.2, -0.15) is 0 Å². The summed E-state index contributed by atoms with van der Waals surface area (Å²) in [5.74, 6) is 0.976. The van der Waals surface area contributed by atoms with Crippen molar-refractivity contribution in [2.45, 2.75) is 126 Å². The van der Waals surface area contributed by atoms with Crippen molar-refractivity contribution in [1.29, 1.82) is 0 Å². The first-order valence-corrected chi connectivity index (χ1v) is 22.5. The number of anilines is 1. The van der Waals surface area contributed by atoms with Crippen molar-refractivity contribution in [2.24, 2.45) is 4.99 Å². The molecule has 344 valence electrons. The van der Waals surface area contributed by atoms with Gasteiger partial charge in [0, 0.05) is 49.5 Å². The van der Waals surface area contributed by atoms with Crippen LogP contribution in [0, 0.1) is 25.7 Å². The molecule has 3 aromatic carbocycles. The van der Waals surface area contributed by atoms with Crippen LogP contribution >= 0.6 is 0 Å². The number of imidazole rings is 1. The number of aromatic amines is 1. The van der Waals surface area contributed by atoms with Crippen LogP contribution in [0.3, 0.4) is 0 Å². The highest BCUT2D eigenvalue weighted by Crippen LogP contribution is 2.41. The minimum absolute atomic E-state index is 0.0140. The summed E-state index contributed by atoms with van der Waals surface area (Å²) in [4.78, 5) is 18.0. The summed E-state index contributed by atoms with van der Waals surface area (Å²) in [6.45, 7) is 38.6. The van der Waals surface area contributed by atoms with E-state index in [4.69, 9.17) is 15.1 Å². The van der Waals surface area contributed by atoms with Crippen LogP contribution in [-0.4, -0.2) is 70.4 Å². The number of aromatic nitrogens is 2. The molecular formula is C55H83N7O. The summed E-state index contributed by atoms with van der Waals surface area (Å²) >= 11 is 0. The second-order valence-corrected chi connectivity index (χ2v) is 14.6. The molecule has 0 aliphatic heterocycles. The molecule has 5 rings (SSSR count). The van der Waals surface area contributed by atoms with Gasteiger partial charge in [0.2, 0.25) is 0 Å². The first-order chi connectivity index (χ1) is 30.5. The molecule has 8 heteroatoms. The highest BCUT2D eigenvalue weighted by molar-refractivity contribution is 6.03. The topological polar surface area (TPSA) is 91.8 Å². The molecule has 0 amide bonds. The van der Waals surface area contributed by atoms with Crippen LogP contribution < -0.4 is 10.6 Å². The summed E-state index contributed by atoms with van der Waals surface area (Å²) in [5.41, 5.74) is 11.0. The molecule has 1 aliphatic rings. The average molecular weight is 858 g/mol. The maximum atomic E-state index is 8.33. The van der Waals surface area contributed by atoms with E-state index in [1.165, 1.54) is 50.7 Å². The number of nitrogens with one attached hydrogen (secondary N) is 3. The number of fused-ring (bicyclic) bond motifs is 4. The molecule has 63 heavy (non-hydrogen) atoms. The van der Waals surface area contributed by atoms with E-state index in [-0.39, 0.29) is 5.88 Å². The van der Waals surface area contributed by atoms with Gasteiger partial charge >= 0.3 is 0 Å². The van der Waals surface area contributed by atoms with Crippen LogP contribution in [0.25, 0.3) is 33.2 Å². The Kier molecular flexibility index (Phi) is 32.5. The second-order valence-electron chi connectivity index (χ2n) is 14.6. The molecule has 4 N–H and O–H groups in total. The van der Waals surface area contributed by atoms with E-state index >= 15 is 0 Å². The zero-order valence-electron chi connectivity index (χ0n) is 41.1. The maximum absolute atomic E-state index is 8.33. The Morgan fingerprint density at radius 3 is 2.05 bits per heavy atom. The molecule has 0 unspecified atom stereocenters. The fraction of sp³-hybridized carbons (Fsp3) is 0.418. The normalized spacial score (nSPS) is 11.4. The molecule has 1 heterocycles. The zero-order chi connectivity index (χ0) is 48.5. The summed E-state index contributed by atoms with van der Waals surface area (Å²) in [6.07, 6.45) is 29.3. The van der Waals surface area contributed by atoms with Gasteiger partial charge in [0.1, 0.15) is 5.82 Å². The third-order valence-corrected chi connectivity index (χ3v) is 10.3. The van der Waals surface area contributed by atoms with Gasteiger partial charge in [0.25, 0.3) is 0 Å². The molecule has 4 aromatic rings. The SMILES string of the molecule is C#C.C#C.C=C.C=C(CCC)N(Cc1ncc(-c2ccc3c(c2)CCc2cc4c(NC)c(N=CCN(C)[C@@H](C)CC)ccc4cc2-3)[nH]1)[C@@H](C)CC.C=CCNC(=C)O.CC.CCC. The minimum atomic E-state index is -0.0140. The number of aliphatic imine (C=N–C) groups is 1. The fourth-order valence-corrected chi connectivity index (χ4v) is 6.67. The van der Waals surface area contributed by atoms with E-state index < -0.39 is 0 Å². The number of terminal acetylenes is 2. The molecule has 0 fully saturated rings. The van der Waals surface area contributed by atoms with E-state index in [9.17, 15) is 0 Å². The number of rotatable bonds is 17. The third-order valence-electron chi connectivity index (χ3n) is 10.3. The van der Waals surface area contributed by atoms with Gasteiger partial charge in [-0.3, -0.25) is 9.89 Å². The van der Waals surface area contributed by atoms with Gasteiger partial charge in [-0.15, -0.1) is 45.4 Å². The van der Waals surface area contributed by atoms with Crippen LogP contribution in [-0.2, 0) is 19.4 Å². The molecule has 2 atom stereocenters. The Morgan fingerprint density at radius 2 is 1.52 bits per heavy atom. The first kappa shape index (κ1) is 59.1. The number of H-pyrrole nitrogens is 1. The summed E-state index contributed by atoms with van der Waals surface area (Å²) in [5, 5.41) is 16.8. The summed E-state index contributed by atoms with van der Waals surface area (Å²) in [6, 6.07) is 17.0. The molecule has 0 spiro atoms. The highest BCUT2D eigenvalue weighted by Gasteiger charge is 2.20. The summed E-state index contributed by atoms with van der Waals surface area (Å²) in [7, 11) is 4.16. The number of hydrogen-bond acceptors (Lipinski definition) is 7. The minimum Gasteiger partial charge on any atom is -0.495 e. The van der Waals surface area contributed by atoms with E-state index in [0.717, 1.165) is 74.5 Å². The Labute approximate surface area is 384 Å². The first-order valence-electron chi connectivity index (χ1n) is 22.5. The van der Waals surface area contributed by atoms with E-state index in [0.29, 0.717) is 18.6 Å². The van der Waals surface area contributed by atoms with E-state index in [1.54, 1.807) is 6.08 Å². The van der Waals surface area contributed by atoms with Crippen LogP contribution in [0.5, 0.6) is 0 Å². The highest BCUT2D eigenvalue weighted by atomic mass is 16.3. The number of benzene rings is 3. The number of aliphatic hydroxyl groups is 1. The van der Waals surface area contributed by atoms with Crippen LogP contribution in [0.2, 0.25) is 0 Å². The molecule has 0 saturated heterocycles. The maximum Gasteiger partial charge on any atom is 0.176 e. The van der Waals surface area contributed by atoms with Crippen molar-refractivity contribution >= 4 is 28.4 Å². The Bertz CT molecular complexity index is 1980. The number of aliphatic hydroxyl groups excluding tert-OH is 1. The van der Waals surface area contributed by atoms with Crippen molar-refractivity contribution in [3.05, 3.63) is 116 Å². The lowest BCUT2D eigenvalue weighted by molar-refractivity contribution is 0.240. The van der Waals surface area contributed by atoms with Crippen molar-refractivity contribution in [2.75, 3.05) is 32.5 Å². The van der Waals surface area contributed by atoms with Crippen molar-refractivity contribution in [3.63, 3.8) is 0 Å². The third kappa shape index (κ3) is 18.9. The lowest BCUT2D eigenvalue weighted by Crippen LogP contribution is -2.31. The monoisotopic (exact) mass is 858 g/mol. The predicted molar refractivity (Wildman–Crippen MR) is 282 cm³/mol. The molecule has 0 radical (unpaired) electrons. The van der Waals surface area contributed by atoms with Crippen molar-refractivity contribution in [3.8, 4) is 48.1 Å². The Balaban J connectivity index is 0. The fourth-order valence-electron chi connectivity index (χ4n) is 6.67. The molecule has 1 aromatic heterocycles. The quantitative estimate of drug-likeness (QED) is 0.0366. The number of allylic oxidation sites excluding steroid dienone is 1. The average Bonchev–Trinajstić information content (AvgIpc) is 3.80. The largest absolute Gasteiger partial charge is 0.495 e. The van der Waals surface area contributed by atoms with Crippen molar-refractivity contribution < 1.29 is 5.11 Å². The van der Waals surface area contributed by atoms with Gasteiger partial charge in [-0.1, -0.05) is 92.2 Å². The van der Waals surface area contributed by atoms with Gasteiger partial charge in [0.05, 0.1) is 29.8 Å². The van der Waals surface area contributed by atoms with Gasteiger partial charge < -0.3 is 25.6 Å². The molecule has 0 saturated carbocycles. The number of aryl methyl sites for hydroxylation is 2. The standard InChI is InChI=1S/C39H52N6.C5H9NO.C3H8.C2H6.C2H4.2C2H2/c1-9-12-28(6)45(27(5)11-3)25-38-42-24-37(43-38)32-15-17-33-29(21-32)13-14-30-23-35-31(22-34(30)33)16-18-36(39(35)40-7)41-19-20-44(8)26(4)10-2;1-3-4-6-5(2)7;1-3-2;4*1-2/h15-19,21-24,26-27,40H,6,9-14,20,25H2,1-5,7-8H3,(H,42,43);3,6-7H,1-2,4H2;3H2,1-2H3;1-2H3;1-2H2;2*1-2H/t26-,27-;;;;;;/m0....../s1. The van der Waals surface area contributed by atoms with Crippen LogP contribution in [0.15, 0.2) is 104 Å². The lowest BCUT2D eigenvalue weighted by atomic mass is 9.83. The van der Waals surface area contributed by atoms with Gasteiger partial charge in [-0.05, 0) is 117 Å². The van der Waals surface area contributed by atoms with Gasteiger partial charge in [0.15, 0.2) is 5.88 Å². The number of hydrogen-bond donors (Lipinski definition) is 4. The molecular weight excluding hydrogens is 775 g/mol.